The van der Waals surface area contributed by atoms with Gasteiger partial charge in [-0.05, 0) is 19.3 Å². The molecule has 0 aromatic carbocycles. The molecular weight excluding hydrogens is 196 g/mol. The summed E-state index contributed by atoms with van der Waals surface area (Å²) in [6.45, 7) is 2.79. The highest BCUT2D eigenvalue weighted by molar-refractivity contribution is 5.82. The maximum Gasteiger partial charge on any atom is 0.308 e. The molecule has 1 amide bonds. The van der Waals surface area contributed by atoms with Gasteiger partial charge in [-0.3, -0.25) is 9.59 Å². The number of amides is 1. The standard InChI is InChI=1S/C10H18N2O3/c1-2-8(11)9(13)12-5-3-4-7(6-12)10(14)15/h7-8H,2-6,11H2,1H3,(H,14,15)/t7?,8-/m1/s1. The van der Waals surface area contributed by atoms with Gasteiger partial charge in [0.15, 0.2) is 0 Å². The molecule has 1 saturated heterocycles. The lowest BCUT2D eigenvalue weighted by atomic mass is 9.97. The first-order chi connectivity index (χ1) is 7.06. The van der Waals surface area contributed by atoms with Gasteiger partial charge in [-0.15, -0.1) is 0 Å². The van der Waals surface area contributed by atoms with Crippen LogP contribution in [-0.2, 0) is 9.59 Å². The highest BCUT2D eigenvalue weighted by Gasteiger charge is 2.29. The van der Waals surface area contributed by atoms with Crippen molar-refractivity contribution in [3.05, 3.63) is 0 Å². The van der Waals surface area contributed by atoms with Gasteiger partial charge in [-0.25, -0.2) is 0 Å². The van der Waals surface area contributed by atoms with Crippen LogP contribution in [0, 0.1) is 5.92 Å². The first kappa shape index (κ1) is 12.0. The minimum Gasteiger partial charge on any atom is -0.481 e. The summed E-state index contributed by atoms with van der Waals surface area (Å²) in [4.78, 5) is 24.1. The summed E-state index contributed by atoms with van der Waals surface area (Å²) in [7, 11) is 0. The molecule has 86 valence electrons. The number of likely N-dealkylation sites (tertiary alicyclic amines) is 1. The van der Waals surface area contributed by atoms with Crippen molar-refractivity contribution in [2.75, 3.05) is 13.1 Å². The van der Waals surface area contributed by atoms with E-state index in [1.807, 2.05) is 6.92 Å². The number of rotatable bonds is 3. The molecule has 0 saturated carbocycles. The SMILES string of the molecule is CC[C@@H](N)C(=O)N1CCCC(C(=O)O)C1. The Bertz CT molecular complexity index is 255. The number of piperidine rings is 1. The van der Waals surface area contributed by atoms with Gasteiger partial charge in [0.25, 0.3) is 0 Å². The average molecular weight is 214 g/mol. The Kier molecular flexibility index (Phi) is 4.08. The summed E-state index contributed by atoms with van der Waals surface area (Å²) in [6, 6.07) is -0.488. The van der Waals surface area contributed by atoms with E-state index in [1.165, 1.54) is 0 Å². The average Bonchev–Trinajstić information content (AvgIpc) is 2.27. The number of carboxylic acids is 1. The van der Waals surface area contributed by atoms with Crippen LogP contribution in [-0.4, -0.2) is 41.0 Å². The van der Waals surface area contributed by atoms with E-state index in [4.69, 9.17) is 10.8 Å². The van der Waals surface area contributed by atoms with Crippen molar-refractivity contribution in [1.82, 2.24) is 4.90 Å². The second-order valence-electron chi connectivity index (χ2n) is 3.98. The Morgan fingerprint density at radius 1 is 1.60 bits per heavy atom. The summed E-state index contributed by atoms with van der Waals surface area (Å²) in [6.07, 6.45) is 1.99. The Hall–Kier alpha value is -1.10. The summed E-state index contributed by atoms with van der Waals surface area (Å²) in [5.74, 6) is -1.37. The highest BCUT2D eigenvalue weighted by atomic mass is 16.4. The van der Waals surface area contributed by atoms with E-state index in [9.17, 15) is 9.59 Å². The van der Waals surface area contributed by atoms with Crippen molar-refractivity contribution in [1.29, 1.82) is 0 Å². The number of hydrogen-bond acceptors (Lipinski definition) is 3. The summed E-state index contributed by atoms with van der Waals surface area (Å²) in [5, 5.41) is 8.86. The Morgan fingerprint density at radius 3 is 2.80 bits per heavy atom. The second-order valence-corrected chi connectivity index (χ2v) is 3.98. The molecule has 15 heavy (non-hydrogen) atoms. The molecule has 1 fully saturated rings. The van der Waals surface area contributed by atoms with E-state index in [0.717, 1.165) is 6.42 Å². The van der Waals surface area contributed by atoms with Gasteiger partial charge in [0, 0.05) is 13.1 Å². The van der Waals surface area contributed by atoms with Crippen molar-refractivity contribution in [2.24, 2.45) is 11.7 Å². The van der Waals surface area contributed by atoms with E-state index in [-0.39, 0.29) is 5.91 Å². The maximum atomic E-state index is 11.7. The molecule has 2 atom stereocenters. The third kappa shape index (κ3) is 2.92. The number of nitrogens with zero attached hydrogens (tertiary/aromatic N) is 1. The first-order valence-corrected chi connectivity index (χ1v) is 5.33. The van der Waals surface area contributed by atoms with E-state index in [0.29, 0.717) is 25.9 Å². The molecule has 1 heterocycles. The van der Waals surface area contributed by atoms with Crippen LogP contribution in [0.4, 0.5) is 0 Å². The zero-order valence-electron chi connectivity index (χ0n) is 8.98. The van der Waals surface area contributed by atoms with Crippen LogP contribution in [0.3, 0.4) is 0 Å². The number of nitrogens with two attached hydrogens (primary N) is 1. The molecule has 1 aliphatic heterocycles. The lowest BCUT2D eigenvalue weighted by molar-refractivity contribution is -0.146. The van der Waals surface area contributed by atoms with Gasteiger partial charge in [0.1, 0.15) is 0 Å². The quantitative estimate of drug-likeness (QED) is 0.695. The third-order valence-corrected chi connectivity index (χ3v) is 2.84. The summed E-state index contributed by atoms with van der Waals surface area (Å²) < 4.78 is 0. The predicted octanol–water partition coefficient (Wildman–Crippen LogP) is 0.0469. The van der Waals surface area contributed by atoms with Crippen LogP contribution in [0.25, 0.3) is 0 Å². The Balaban J connectivity index is 2.56. The number of carbonyl (C=O) groups is 2. The van der Waals surface area contributed by atoms with Crippen LogP contribution < -0.4 is 5.73 Å². The van der Waals surface area contributed by atoms with Crippen LogP contribution in [0.1, 0.15) is 26.2 Å². The molecule has 0 radical (unpaired) electrons. The summed E-state index contributed by atoms with van der Waals surface area (Å²) >= 11 is 0. The lowest BCUT2D eigenvalue weighted by Crippen LogP contribution is -2.49. The van der Waals surface area contributed by atoms with Crippen LogP contribution in [0.15, 0.2) is 0 Å². The van der Waals surface area contributed by atoms with E-state index < -0.39 is 17.9 Å². The molecule has 1 unspecified atom stereocenters. The molecule has 0 spiro atoms. The molecule has 5 nitrogen and oxygen atoms in total. The number of hydrogen-bond donors (Lipinski definition) is 2. The smallest absolute Gasteiger partial charge is 0.308 e. The monoisotopic (exact) mass is 214 g/mol. The third-order valence-electron chi connectivity index (χ3n) is 2.84. The summed E-state index contributed by atoms with van der Waals surface area (Å²) in [5.41, 5.74) is 5.63. The van der Waals surface area contributed by atoms with Crippen LogP contribution in [0.2, 0.25) is 0 Å². The number of carboxylic acid groups (broad SMARTS) is 1. The largest absolute Gasteiger partial charge is 0.481 e. The van der Waals surface area contributed by atoms with Crippen LogP contribution >= 0.6 is 0 Å². The fourth-order valence-electron chi connectivity index (χ4n) is 1.79. The van der Waals surface area contributed by atoms with Crippen molar-refractivity contribution >= 4 is 11.9 Å². The molecular formula is C10H18N2O3. The topological polar surface area (TPSA) is 83.6 Å². The van der Waals surface area contributed by atoms with E-state index in [2.05, 4.69) is 0 Å². The van der Waals surface area contributed by atoms with Crippen molar-refractivity contribution in [3.8, 4) is 0 Å². The molecule has 0 aromatic rings. The van der Waals surface area contributed by atoms with E-state index in [1.54, 1.807) is 4.90 Å². The van der Waals surface area contributed by atoms with Gasteiger partial charge >= 0.3 is 5.97 Å². The Morgan fingerprint density at radius 2 is 2.27 bits per heavy atom. The second kappa shape index (κ2) is 5.11. The molecule has 3 N–H and O–H groups in total. The molecule has 1 rings (SSSR count). The normalized spacial score (nSPS) is 23.6. The number of carbonyl (C=O) groups excluding carboxylic acids is 1. The van der Waals surface area contributed by atoms with Gasteiger partial charge in [0.05, 0.1) is 12.0 Å². The molecule has 0 aromatic heterocycles. The molecule has 5 heteroatoms. The van der Waals surface area contributed by atoms with Crippen LogP contribution in [0.5, 0.6) is 0 Å². The molecule has 0 bridgehead atoms. The first-order valence-electron chi connectivity index (χ1n) is 5.33. The number of aliphatic carboxylic acids is 1. The zero-order valence-corrected chi connectivity index (χ0v) is 8.98. The van der Waals surface area contributed by atoms with Crippen molar-refractivity contribution < 1.29 is 14.7 Å². The fourth-order valence-corrected chi connectivity index (χ4v) is 1.79. The Labute approximate surface area is 89.2 Å². The zero-order chi connectivity index (χ0) is 11.4. The van der Waals surface area contributed by atoms with Gasteiger partial charge < -0.3 is 15.7 Å². The van der Waals surface area contributed by atoms with Gasteiger partial charge in [0.2, 0.25) is 5.91 Å². The highest BCUT2D eigenvalue weighted by Crippen LogP contribution is 2.17. The molecule has 0 aliphatic carbocycles. The fraction of sp³-hybridized carbons (Fsp3) is 0.800. The predicted molar refractivity (Wildman–Crippen MR) is 55.2 cm³/mol. The van der Waals surface area contributed by atoms with Gasteiger partial charge in [-0.2, -0.15) is 0 Å². The van der Waals surface area contributed by atoms with Gasteiger partial charge in [-0.1, -0.05) is 6.92 Å². The van der Waals surface area contributed by atoms with Crippen molar-refractivity contribution in [2.45, 2.75) is 32.2 Å². The minimum atomic E-state index is -0.822. The van der Waals surface area contributed by atoms with E-state index >= 15 is 0 Å². The molecule has 1 aliphatic rings. The van der Waals surface area contributed by atoms with Crippen molar-refractivity contribution in [3.63, 3.8) is 0 Å². The maximum absolute atomic E-state index is 11.7. The minimum absolute atomic E-state index is 0.122. The lowest BCUT2D eigenvalue weighted by Gasteiger charge is -2.32.